The van der Waals surface area contributed by atoms with Crippen molar-refractivity contribution in [1.29, 1.82) is 0 Å². The molecule has 0 unspecified atom stereocenters. The predicted molar refractivity (Wildman–Crippen MR) is 83.7 cm³/mol. The molecule has 1 rings (SSSR count). The Labute approximate surface area is 131 Å². The Kier molecular flexibility index (Phi) is 6.64. The second-order valence-electron chi connectivity index (χ2n) is 5.25. The molecule has 7 heteroatoms. The average molecular weight is 333 g/mol. The first-order valence-electron chi connectivity index (χ1n) is 6.72. The molecule has 0 heterocycles. The van der Waals surface area contributed by atoms with Gasteiger partial charge in [-0.15, -0.1) is 0 Å². The molecule has 0 radical (unpaired) electrons. The highest BCUT2D eigenvalue weighted by atomic mass is 35.5. The van der Waals surface area contributed by atoms with E-state index in [0.717, 1.165) is 0 Å². The van der Waals surface area contributed by atoms with Crippen LogP contribution in [0.2, 0.25) is 5.02 Å². The SMILES string of the molecule is CC(C)CN(C)C(=O)CCNS(=O)(=O)c1ccccc1Cl. The minimum atomic E-state index is -3.69. The lowest BCUT2D eigenvalue weighted by atomic mass is 10.2. The third-order valence-corrected chi connectivity index (χ3v) is 4.78. The Morgan fingerprint density at radius 2 is 1.95 bits per heavy atom. The number of hydrogen-bond donors (Lipinski definition) is 1. The van der Waals surface area contributed by atoms with E-state index < -0.39 is 10.0 Å². The number of hydrogen-bond acceptors (Lipinski definition) is 3. The molecule has 0 aliphatic heterocycles. The fourth-order valence-corrected chi connectivity index (χ4v) is 3.42. The lowest BCUT2D eigenvalue weighted by molar-refractivity contribution is -0.130. The van der Waals surface area contributed by atoms with Gasteiger partial charge in [-0.25, -0.2) is 13.1 Å². The summed E-state index contributed by atoms with van der Waals surface area (Å²) in [4.78, 5) is 13.5. The second-order valence-corrected chi connectivity index (χ2v) is 7.39. The van der Waals surface area contributed by atoms with Gasteiger partial charge in [-0.05, 0) is 18.1 Å². The number of nitrogens with zero attached hydrogens (tertiary/aromatic N) is 1. The normalized spacial score (nSPS) is 11.7. The van der Waals surface area contributed by atoms with Gasteiger partial charge in [-0.2, -0.15) is 0 Å². The van der Waals surface area contributed by atoms with E-state index in [9.17, 15) is 13.2 Å². The van der Waals surface area contributed by atoms with Crippen LogP contribution in [0.5, 0.6) is 0 Å². The fourth-order valence-electron chi connectivity index (χ4n) is 1.87. The summed E-state index contributed by atoms with van der Waals surface area (Å²) in [5.74, 6) is 0.282. The van der Waals surface area contributed by atoms with Gasteiger partial charge in [0.25, 0.3) is 0 Å². The van der Waals surface area contributed by atoms with Crippen LogP contribution in [0.3, 0.4) is 0 Å². The molecule has 0 fully saturated rings. The first-order chi connectivity index (χ1) is 9.74. The number of amides is 1. The first kappa shape index (κ1) is 17.9. The molecule has 0 saturated heterocycles. The van der Waals surface area contributed by atoms with E-state index in [0.29, 0.717) is 12.5 Å². The van der Waals surface area contributed by atoms with Crippen molar-refractivity contribution in [3.8, 4) is 0 Å². The van der Waals surface area contributed by atoms with Crippen LogP contribution in [-0.2, 0) is 14.8 Å². The summed E-state index contributed by atoms with van der Waals surface area (Å²) in [6, 6.07) is 6.20. The average Bonchev–Trinajstić information content (AvgIpc) is 2.37. The first-order valence-corrected chi connectivity index (χ1v) is 8.58. The van der Waals surface area contributed by atoms with Gasteiger partial charge in [0.1, 0.15) is 4.90 Å². The number of halogens is 1. The van der Waals surface area contributed by atoms with Crippen LogP contribution < -0.4 is 4.72 Å². The molecule has 1 aromatic carbocycles. The third-order valence-electron chi connectivity index (χ3n) is 2.82. The fraction of sp³-hybridized carbons (Fsp3) is 0.500. The van der Waals surface area contributed by atoms with Crippen LogP contribution in [0.25, 0.3) is 0 Å². The van der Waals surface area contributed by atoms with Crippen LogP contribution in [0.1, 0.15) is 20.3 Å². The van der Waals surface area contributed by atoms with Gasteiger partial charge in [0.05, 0.1) is 5.02 Å². The van der Waals surface area contributed by atoms with Crippen molar-refractivity contribution < 1.29 is 13.2 Å². The van der Waals surface area contributed by atoms with Crippen LogP contribution in [-0.4, -0.2) is 39.4 Å². The van der Waals surface area contributed by atoms with Crippen LogP contribution in [0, 0.1) is 5.92 Å². The quantitative estimate of drug-likeness (QED) is 0.831. The molecule has 0 aromatic heterocycles. The van der Waals surface area contributed by atoms with Gasteiger partial charge in [0, 0.05) is 26.6 Å². The zero-order chi connectivity index (χ0) is 16.0. The Bertz CT molecular complexity index is 588. The van der Waals surface area contributed by atoms with Gasteiger partial charge < -0.3 is 4.90 Å². The molecule has 0 atom stereocenters. The van der Waals surface area contributed by atoms with E-state index in [4.69, 9.17) is 11.6 Å². The molecule has 1 amide bonds. The van der Waals surface area contributed by atoms with Crippen molar-refractivity contribution in [2.75, 3.05) is 20.1 Å². The van der Waals surface area contributed by atoms with Crippen molar-refractivity contribution in [2.45, 2.75) is 25.2 Å². The maximum atomic E-state index is 12.1. The van der Waals surface area contributed by atoms with Crippen LogP contribution in [0.15, 0.2) is 29.2 Å². The minimum absolute atomic E-state index is 0.0228. The monoisotopic (exact) mass is 332 g/mol. The summed E-state index contributed by atoms with van der Waals surface area (Å²) in [6.07, 6.45) is 0.118. The van der Waals surface area contributed by atoms with E-state index in [2.05, 4.69) is 4.72 Å². The van der Waals surface area contributed by atoms with Gasteiger partial charge in [-0.3, -0.25) is 4.79 Å². The lowest BCUT2D eigenvalue weighted by Crippen LogP contribution is -2.34. The predicted octanol–water partition coefficient (Wildman–Crippen LogP) is 2.12. The molecule has 0 spiro atoms. The molecule has 0 saturated carbocycles. The molecule has 21 heavy (non-hydrogen) atoms. The number of sulfonamides is 1. The maximum Gasteiger partial charge on any atom is 0.242 e. The summed E-state index contributed by atoms with van der Waals surface area (Å²) in [5, 5.41) is 0.160. The van der Waals surface area contributed by atoms with Gasteiger partial charge in [0.2, 0.25) is 15.9 Å². The van der Waals surface area contributed by atoms with Crippen molar-refractivity contribution in [3.05, 3.63) is 29.3 Å². The molecule has 118 valence electrons. The minimum Gasteiger partial charge on any atom is -0.345 e. The van der Waals surface area contributed by atoms with E-state index in [1.54, 1.807) is 24.1 Å². The number of rotatable bonds is 7. The summed E-state index contributed by atoms with van der Waals surface area (Å²) < 4.78 is 26.5. The molecule has 0 bridgehead atoms. The highest BCUT2D eigenvalue weighted by molar-refractivity contribution is 7.89. The number of carbonyl (C=O) groups excluding carboxylic acids is 1. The smallest absolute Gasteiger partial charge is 0.242 e. The highest BCUT2D eigenvalue weighted by Gasteiger charge is 2.18. The summed E-state index contributed by atoms with van der Waals surface area (Å²) in [6.45, 7) is 4.73. The number of benzene rings is 1. The van der Waals surface area contributed by atoms with E-state index >= 15 is 0 Å². The van der Waals surface area contributed by atoms with Gasteiger partial charge >= 0.3 is 0 Å². The standard InChI is InChI=1S/C14H21ClN2O3S/c1-11(2)10-17(3)14(18)8-9-16-21(19,20)13-7-5-4-6-12(13)15/h4-7,11,16H,8-10H2,1-3H3. The molecule has 0 aliphatic rings. The molecule has 5 nitrogen and oxygen atoms in total. The Hall–Kier alpha value is -1.11. The van der Waals surface area contributed by atoms with Crippen LogP contribution >= 0.6 is 11.6 Å². The summed E-state index contributed by atoms with van der Waals surface area (Å²) in [7, 11) is -1.97. The molecule has 0 aliphatic carbocycles. The van der Waals surface area contributed by atoms with Crippen LogP contribution in [0.4, 0.5) is 0 Å². The van der Waals surface area contributed by atoms with Crippen molar-refractivity contribution in [3.63, 3.8) is 0 Å². The van der Waals surface area contributed by atoms with Gasteiger partial charge in [-0.1, -0.05) is 37.6 Å². The maximum absolute atomic E-state index is 12.1. The van der Waals surface area contributed by atoms with E-state index in [1.165, 1.54) is 12.1 Å². The second kappa shape index (κ2) is 7.77. The molecular formula is C14H21ClN2O3S. The third kappa shape index (κ3) is 5.65. The largest absolute Gasteiger partial charge is 0.345 e. The summed E-state index contributed by atoms with van der Waals surface area (Å²) >= 11 is 5.86. The topological polar surface area (TPSA) is 66.5 Å². The van der Waals surface area contributed by atoms with Crippen molar-refractivity contribution >= 4 is 27.5 Å². The van der Waals surface area contributed by atoms with Crippen molar-refractivity contribution in [2.24, 2.45) is 5.92 Å². The zero-order valence-corrected chi connectivity index (χ0v) is 14.0. The Balaban J connectivity index is 2.56. The highest BCUT2D eigenvalue weighted by Crippen LogP contribution is 2.19. The summed E-state index contributed by atoms with van der Waals surface area (Å²) in [5.41, 5.74) is 0. The number of nitrogens with one attached hydrogen (secondary N) is 1. The van der Waals surface area contributed by atoms with E-state index in [-0.39, 0.29) is 28.8 Å². The Morgan fingerprint density at radius 3 is 2.52 bits per heavy atom. The zero-order valence-electron chi connectivity index (χ0n) is 12.5. The van der Waals surface area contributed by atoms with Gasteiger partial charge in [0.15, 0.2) is 0 Å². The van der Waals surface area contributed by atoms with E-state index in [1.807, 2.05) is 13.8 Å². The molecule has 1 aromatic rings. The Morgan fingerprint density at radius 1 is 1.33 bits per heavy atom. The molecule has 1 N–H and O–H groups in total. The number of carbonyl (C=O) groups is 1. The molecular weight excluding hydrogens is 312 g/mol. The van der Waals surface area contributed by atoms with Crippen molar-refractivity contribution in [1.82, 2.24) is 9.62 Å². The lowest BCUT2D eigenvalue weighted by Gasteiger charge is -2.19.